The first-order chi connectivity index (χ1) is 10.7. The third kappa shape index (κ3) is 13.8. The van der Waals surface area contributed by atoms with Crippen LogP contribution in [-0.2, 0) is 4.79 Å². The van der Waals surface area contributed by atoms with Crippen LogP contribution >= 0.6 is 0 Å². The molecule has 0 heterocycles. The monoisotopic (exact) mass is 311 g/mol. The van der Waals surface area contributed by atoms with Crippen LogP contribution in [0.2, 0.25) is 0 Å². The Bertz CT molecular complexity index is 303. The van der Waals surface area contributed by atoms with E-state index in [1.807, 2.05) is 0 Å². The zero-order chi connectivity index (χ0) is 16.5. The SMILES string of the molecule is CCCC=CCCCCCCCCCCCC(N=O)C(=O)O. The second kappa shape index (κ2) is 16.2. The molecule has 0 spiro atoms. The Kier molecular flexibility index (Phi) is 15.3. The number of allylic oxidation sites excluding steroid dienone is 2. The van der Waals surface area contributed by atoms with Crippen LogP contribution < -0.4 is 0 Å². The van der Waals surface area contributed by atoms with Gasteiger partial charge < -0.3 is 5.11 Å². The zero-order valence-corrected chi connectivity index (χ0v) is 14.1. The molecule has 0 aromatic rings. The average Bonchev–Trinajstić information content (AvgIpc) is 2.51. The molecule has 0 aromatic carbocycles. The minimum Gasteiger partial charge on any atom is -0.480 e. The highest BCUT2D eigenvalue weighted by Gasteiger charge is 2.16. The maximum Gasteiger partial charge on any atom is 0.332 e. The van der Waals surface area contributed by atoms with Gasteiger partial charge in [-0.3, -0.25) is 0 Å². The molecule has 1 unspecified atom stereocenters. The van der Waals surface area contributed by atoms with Crippen LogP contribution in [0.3, 0.4) is 0 Å². The van der Waals surface area contributed by atoms with E-state index in [0.717, 1.165) is 19.3 Å². The first kappa shape index (κ1) is 20.8. The molecule has 0 fully saturated rings. The summed E-state index contributed by atoms with van der Waals surface area (Å²) in [6.07, 6.45) is 19.3. The Morgan fingerprint density at radius 1 is 0.909 bits per heavy atom. The molecule has 4 nitrogen and oxygen atoms in total. The lowest BCUT2D eigenvalue weighted by Crippen LogP contribution is -2.16. The molecular formula is C18H33NO3. The molecule has 0 saturated carbocycles. The molecule has 0 aliphatic heterocycles. The van der Waals surface area contributed by atoms with E-state index in [1.54, 1.807) is 0 Å². The van der Waals surface area contributed by atoms with Crippen LogP contribution in [0.15, 0.2) is 17.3 Å². The van der Waals surface area contributed by atoms with Crippen molar-refractivity contribution in [1.29, 1.82) is 0 Å². The fourth-order valence-corrected chi connectivity index (χ4v) is 2.46. The average molecular weight is 311 g/mol. The topological polar surface area (TPSA) is 66.7 Å². The Hall–Kier alpha value is -1.19. The molecule has 0 rings (SSSR count). The fourth-order valence-electron chi connectivity index (χ4n) is 2.46. The summed E-state index contributed by atoms with van der Waals surface area (Å²) in [6.45, 7) is 2.20. The number of carboxylic acid groups (broad SMARTS) is 1. The second-order valence-electron chi connectivity index (χ2n) is 5.98. The smallest absolute Gasteiger partial charge is 0.332 e. The molecule has 0 aromatic heterocycles. The summed E-state index contributed by atoms with van der Waals surface area (Å²) in [5.74, 6) is -1.10. The van der Waals surface area contributed by atoms with E-state index in [0.29, 0.717) is 6.42 Å². The van der Waals surface area contributed by atoms with E-state index in [2.05, 4.69) is 24.3 Å². The van der Waals surface area contributed by atoms with Crippen molar-refractivity contribution in [2.24, 2.45) is 5.18 Å². The summed E-state index contributed by atoms with van der Waals surface area (Å²) in [7, 11) is 0. The predicted octanol–water partition coefficient (Wildman–Crippen LogP) is 5.85. The van der Waals surface area contributed by atoms with Crippen molar-refractivity contribution in [2.45, 2.75) is 96.4 Å². The van der Waals surface area contributed by atoms with Gasteiger partial charge in [0, 0.05) is 0 Å². The largest absolute Gasteiger partial charge is 0.480 e. The summed E-state index contributed by atoms with van der Waals surface area (Å²) in [6, 6.07) is -1.05. The lowest BCUT2D eigenvalue weighted by atomic mass is 10.0. The first-order valence-electron chi connectivity index (χ1n) is 8.92. The molecule has 0 radical (unpaired) electrons. The lowest BCUT2D eigenvalue weighted by Gasteiger charge is -2.04. The Morgan fingerprint density at radius 3 is 1.91 bits per heavy atom. The van der Waals surface area contributed by atoms with E-state index >= 15 is 0 Å². The van der Waals surface area contributed by atoms with Gasteiger partial charge in [-0.15, -0.1) is 4.91 Å². The highest BCUT2D eigenvalue weighted by molar-refractivity contribution is 5.73. The van der Waals surface area contributed by atoms with E-state index in [-0.39, 0.29) is 0 Å². The first-order valence-corrected chi connectivity index (χ1v) is 8.92. The zero-order valence-electron chi connectivity index (χ0n) is 14.1. The number of aliphatic carboxylic acids is 1. The van der Waals surface area contributed by atoms with Crippen molar-refractivity contribution in [3.63, 3.8) is 0 Å². The van der Waals surface area contributed by atoms with Crippen molar-refractivity contribution < 1.29 is 9.90 Å². The van der Waals surface area contributed by atoms with Gasteiger partial charge in [0.05, 0.1) is 0 Å². The number of carboxylic acids is 1. The Morgan fingerprint density at radius 2 is 1.41 bits per heavy atom. The van der Waals surface area contributed by atoms with Gasteiger partial charge in [0.2, 0.25) is 0 Å². The number of carbonyl (C=O) groups is 1. The number of hydrogen-bond donors (Lipinski definition) is 1. The van der Waals surface area contributed by atoms with Crippen molar-refractivity contribution >= 4 is 5.97 Å². The van der Waals surface area contributed by atoms with Gasteiger partial charge in [-0.2, -0.15) is 0 Å². The van der Waals surface area contributed by atoms with Gasteiger partial charge in [-0.25, -0.2) is 4.79 Å². The normalized spacial score (nSPS) is 12.6. The summed E-state index contributed by atoms with van der Waals surface area (Å²) >= 11 is 0. The van der Waals surface area contributed by atoms with Gasteiger partial charge in [-0.1, -0.05) is 82.0 Å². The van der Waals surface area contributed by atoms with Crippen LogP contribution in [0, 0.1) is 4.91 Å². The highest BCUT2D eigenvalue weighted by Crippen LogP contribution is 2.13. The third-order valence-corrected chi connectivity index (χ3v) is 3.88. The molecule has 0 aliphatic rings. The van der Waals surface area contributed by atoms with Crippen molar-refractivity contribution in [3.8, 4) is 0 Å². The van der Waals surface area contributed by atoms with Crippen molar-refractivity contribution in [3.05, 3.63) is 17.1 Å². The van der Waals surface area contributed by atoms with Crippen LogP contribution in [0.4, 0.5) is 0 Å². The van der Waals surface area contributed by atoms with E-state index in [1.165, 1.54) is 57.8 Å². The summed E-state index contributed by atoms with van der Waals surface area (Å²) in [5, 5.41) is 11.3. The molecule has 1 atom stereocenters. The summed E-state index contributed by atoms with van der Waals surface area (Å²) in [5.41, 5.74) is 0. The standard InChI is InChI=1S/C18H33NO3/c1-2-3-4-5-6-7-8-9-10-11-12-13-14-15-16-17(19-22)18(20)21/h4-5,17H,2-3,6-16H2,1H3,(H,20,21). The number of unbranched alkanes of at least 4 members (excludes halogenated alkanes) is 10. The Labute approximate surface area is 135 Å². The van der Waals surface area contributed by atoms with Crippen molar-refractivity contribution in [2.75, 3.05) is 0 Å². The maximum absolute atomic E-state index is 10.6. The van der Waals surface area contributed by atoms with Crippen molar-refractivity contribution in [1.82, 2.24) is 0 Å². The molecule has 0 aliphatic carbocycles. The van der Waals surface area contributed by atoms with Gasteiger partial charge in [0.15, 0.2) is 6.04 Å². The molecular weight excluding hydrogens is 278 g/mol. The second-order valence-corrected chi connectivity index (χ2v) is 5.98. The highest BCUT2D eigenvalue weighted by atomic mass is 16.4. The van der Waals surface area contributed by atoms with Crippen LogP contribution in [0.25, 0.3) is 0 Å². The van der Waals surface area contributed by atoms with Crippen LogP contribution in [0.5, 0.6) is 0 Å². The minimum atomic E-state index is -1.10. The molecule has 0 amide bonds. The third-order valence-electron chi connectivity index (χ3n) is 3.88. The van der Waals surface area contributed by atoms with Crippen LogP contribution in [0.1, 0.15) is 90.4 Å². The summed E-state index contributed by atoms with van der Waals surface area (Å²) < 4.78 is 0. The molecule has 4 heteroatoms. The summed E-state index contributed by atoms with van der Waals surface area (Å²) in [4.78, 5) is 20.9. The maximum atomic E-state index is 10.6. The fraction of sp³-hybridized carbons (Fsp3) is 0.833. The molecule has 0 saturated heterocycles. The molecule has 128 valence electrons. The molecule has 22 heavy (non-hydrogen) atoms. The number of hydrogen-bond acceptors (Lipinski definition) is 3. The quantitative estimate of drug-likeness (QED) is 0.221. The van der Waals surface area contributed by atoms with Gasteiger partial charge in [0.25, 0.3) is 0 Å². The van der Waals surface area contributed by atoms with Gasteiger partial charge >= 0.3 is 5.97 Å². The van der Waals surface area contributed by atoms with Gasteiger partial charge in [0.1, 0.15) is 0 Å². The van der Waals surface area contributed by atoms with Crippen LogP contribution in [-0.4, -0.2) is 17.1 Å². The van der Waals surface area contributed by atoms with E-state index in [9.17, 15) is 9.70 Å². The molecule has 0 bridgehead atoms. The Balaban J connectivity index is 3.20. The molecule has 1 N–H and O–H groups in total. The minimum absolute atomic E-state index is 0.379. The van der Waals surface area contributed by atoms with E-state index in [4.69, 9.17) is 5.11 Å². The van der Waals surface area contributed by atoms with Gasteiger partial charge in [-0.05, 0) is 25.7 Å². The number of rotatable bonds is 16. The lowest BCUT2D eigenvalue weighted by molar-refractivity contribution is -0.138. The predicted molar refractivity (Wildman–Crippen MR) is 92.1 cm³/mol. The number of nitroso groups, excluding NO2 is 1. The number of nitrogens with zero attached hydrogens (tertiary/aromatic N) is 1. The van der Waals surface area contributed by atoms with E-state index < -0.39 is 12.0 Å².